The molecule has 1 N–H and O–H groups in total. The van der Waals surface area contributed by atoms with Crippen LogP contribution in [-0.4, -0.2) is 46.2 Å². The summed E-state index contributed by atoms with van der Waals surface area (Å²) >= 11 is 0. The lowest BCUT2D eigenvalue weighted by Crippen LogP contribution is -2.56. The van der Waals surface area contributed by atoms with E-state index in [2.05, 4.69) is 40.7 Å². The highest BCUT2D eigenvalue weighted by atomic mass is 15.2. The smallest absolute Gasteiger partial charge is 0.109 e. The molecule has 0 radical (unpaired) electrons. The molecule has 0 spiro atoms. The molecule has 0 aromatic carbocycles. The number of rotatable bonds is 7. The van der Waals surface area contributed by atoms with Gasteiger partial charge in [0, 0.05) is 57.6 Å². The molecule has 0 aliphatic carbocycles. The van der Waals surface area contributed by atoms with Crippen LogP contribution in [-0.2, 0) is 13.5 Å². The maximum absolute atomic E-state index is 4.45. The molecule has 2 heterocycles. The van der Waals surface area contributed by atoms with Crippen molar-refractivity contribution in [3.8, 4) is 0 Å². The molecule has 20 heavy (non-hydrogen) atoms. The van der Waals surface area contributed by atoms with Crippen molar-refractivity contribution < 1.29 is 0 Å². The maximum Gasteiger partial charge on any atom is 0.109 e. The predicted molar refractivity (Wildman–Crippen MR) is 83.9 cm³/mol. The lowest BCUT2D eigenvalue weighted by atomic mass is 10.0. The van der Waals surface area contributed by atoms with Gasteiger partial charge in [-0.15, -0.1) is 0 Å². The molecule has 4 nitrogen and oxygen atoms in total. The van der Waals surface area contributed by atoms with Gasteiger partial charge in [0.15, 0.2) is 0 Å². The third-order valence-corrected chi connectivity index (χ3v) is 4.42. The lowest BCUT2D eigenvalue weighted by Gasteiger charge is -2.40. The molecule has 1 aliphatic heterocycles. The fourth-order valence-corrected chi connectivity index (χ4v) is 3.24. The molecule has 0 amide bonds. The van der Waals surface area contributed by atoms with Crippen LogP contribution >= 0.6 is 0 Å². The van der Waals surface area contributed by atoms with Gasteiger partial charge >= 0.3 is 0 Å². The van der Waals surface area contributed by atoms with E-state index >= 15 is 0 Å². The van der Waals surface area contributed by atoms with Gasteiger partial charge in [-0.2, -0.15) is 0 Å². The predicted octanol–water partition coefficient (Wildman–Crippen LogP) is 2.21. The van der Waals surface area contributed by atoms with Gasteiger partial charge in [-0.1, -0.05) is 26.7 Å². The molecule has 2 unspecified atom stereocenters. The number of aryl methyl sites for hydroxylation is 1. The van der Waals surface area contributed by atoms with Crippen molar-refractivity contribution in [2.24, 2.45) is 7.05 Å². The van der Waals surface area contributed by atoms with E-state index in [4.69, 9.17) is 0 Å². The summed E-state index contributed by atoms with van der Waals surface area (Å²) in [5.41, 5.74) is 0. The van der Waals surface area contributed by atoms with Crippen LogP contribution < -0.4 is 5.32 Å². The SMILES string of the molecule is CCCC1CN(CCc2nccn2C)C(CCC)CN1. The number of imidazole rings is 1. The van der Waals surface area contributed by atoms with Crippen molar-refractivity contribution in [3.05, 3.63) is 18.2 Å². The zero-order valence-electron chi connectivity index (χ0n) is 13.3. The summed E-state index contributed by atoms with van der Waals surface area (Å²) < 4.78 is 2.14. The summed E-state index contributed by atoms with van der Waals surface area (Å²) in [6.45, 7) is 8.05. The molecule has 1 aliphatic rings. The fraction of sp³-hybridized carbons (Fsp3) is 0.812. The van der Waals surface area contributed by atoms with Crippen LogP contribution in [0.5, 0.6) is 0 Å². The average molecular weight is 278 g/mol. The van der Waals surface area contributed by atoms with Crippen LogP contribution in [0.25, 0.3) is 0 Å². The molecule has 1 aromatic rings. The van der Waals surface area contributed by atoms with Crippen LogP contribution in [0.1, 0.15) is 45.4 Å². The topological polar surface area (TPSA) is 33.1 Å². The molecule has 4 heteroatoms. The van der Waals surface area contributed by atoms with Gasteiger partial charge < -0.3 is 9.88 Å². The molecule has 114 valence electrons. The molecular formula is C16H30N4. The summed E-state index contributed by atoms with van der Waals surface area (Å²) in [4.78, 5) is 7.14. The van der Waals surface area contributed by atoms with Crippen LogP contribution in [0, 0.1) is 0 Å². The molecule has 1 saturated heterocycles. The van der Waals surface area contributed by atoms with E-state index in [-0.39, 0.29) is 0 Å². The van der Waals surface area contributed by atoms with Gasteiger partial charge in [-0.25, -0.2) is 4.98 Å². The standard InChI is InChI=1S/C16H30N4/c1-4-6-14-13-20(15(7-5-2)12-18-14)10-8-16-17-9-11-19(16)3/h9,11,14-15,18H,4-8,10,12-13H2,1-3H3. The number of nitrogens with one attached hydrogen (secondary N) is 1. The van der Waals surface area contributed by atoms with E-state index in [1.807, 2.05) is 12.4 Å². The van der Waals surface area contributed by atoms with E-state index < -0.39 is 0 Å². The minimum Gasteiger partial charge on any atom is -0.338 e. The van der Waals surface area contributed by atoms with Gasteiger partial charge in [0.05, 0.1) is 0 Å². The highest BCUT2D eigenvalue weighted by Crippen LogP contribution is 2.15. The minimum atomic E-state index is 0.675. The Morgan fingerprint density at radius 1 is 1.30 bits per heavy atom. The largest absolute Gasteiger partial charge is 0.338 e. The van der Waals surface area contributed by atoms with E-state index in [0.717, 1.165) is 19.5 Å². The van der Waals surface area contributed by atoms with Crippen molar-refractivity contribution in [1.82, 2.24) is 19.8 Å². The Labute approximate surface area is 123 Å². The molecule has 2 atom stereocenters. The van der Waals surface area contributed by atoms with Crippen LogP contribution in [0.15, 0.2) is 12.4 Å². The molecule has 1 fully saturated rings. The normalized spacial score (nSPS) is 24.1. The number of aromatic nitrogens is 2. The van der Waals surface area contributed by atoms with Crippen molar-refractivity contribution in [2.45, 2.75) is 58.0 Å². The first kappa shape index (κ1) is 15.5. The number of hydrogen-bond acceptors (Lipinski definition) is 3. The Balaban J connectivity index is 1.90. The Morgan fingerprint density at radius 3 is 2.75 bits per heavy atom. The van der Waals surface area contributed by atoms with Crippen LogP contribution in [0.4, 0.5) is 0 Å². The first-order chi connectivity index (χ1) is 9.74. The molecule has 1 aromatic heterocycles. The molecule has 2 rings (SSSR count). The van der Waals surface area contributed by atoms with Crippen molar-refractivity contribution in [2.75, 3.05) is 19.6 Å². The van der Waals surface area contributed by atoms with E-state index in [1.54, 1.807) is 0 Å². The quantitative estimate of drug-likeness (QED) is 0.830. The second-order valence-corrected chi connectivity index (χ2v) is 6.04. The summed E-state index contributed by atoms with van der Waals surface area (Å²) in [7, 11) is 2.09. The van der Waals surface area contributed by atoms with Crippen molar-refractivity contribution in [3.63, 3.8) is 0 Å². The Kier molecular flexibility index (Phi) is 6.05. The minimum absolute atomic E-state index is 0.675. The van der Waals surface area contributed by atoms with E-state index in [9.17, 15) is 0 Å². The molecule has 0 bridgehead atoms. The van der Waals surface area contributed by atoms with E-state index in [0.29, 0.717) is 12.1 Å². The van der Waals surface area contributed by atoms with Gasteiger partial charge in [0.1, 0.15) is 5.82 Å². The molecule has 0 saturated carbocycles. The van der Waals surface area contributed by atoms with Crippen LogP contribution in [0.2, 0.25) is 0 Å². The van der Waals surface area contributed by atoms with E-state index in [1.165, 1.54) is 38.1 Å². The lowest BCUT2D eigenvalue weighted by molar-refractivity contribution is 0.120. The fourth-order valence-electron chi connectivity index (χ4n) is 3.24. The summed E-state index contributed by atoms with van der Waals surface area (Å²) in [5, 5.41) is 3.73. The monoisotopic (exact) mass is 278 g/mol. The molecular weight excluding hydrogens is 248 g/mol. The average Bonchev–Trinajstić information content (AvgIpc) is 2.85. The Bertz CT molecular complexity index is 388. The van der Waals surface area contributed by atoms with Gasteiger partial charge in [-0.05, 0) is 12.8 Å². The second-order valence-electron chi connectivity index (χ2n) is 6.04. The third-order valence-electron chi connectivity index (χ3n) is 4.42. The number of nitrogens with zero attached hydrogens (tertiary/aromatic N) is 3. The maximum atomic E-state index is 4.45. The first-order valence-electron chi connectivity index (χ1n) is 8.18. The zero-order valence-corrected chi connectivity index (χ0v) is 13.3. The van der Waals surface area contributed by atoms with Crippen molar-refractivity contribution in [1.29, 1.82) is 0 Å². The van der Waals surface area contributed by atoms with Crippen LogP contribution in [0.3, 0.4) is 0 Å². The summed E-state index contributed by atoms with van der Waals surface area (Å²) in [6.07, 6.45) is 10.1. The van der Waals surface area contributed by atoms with Crippen molar-refractivity contribution >= 4 is 0 Å². The van der Waals surface area contributed by atoms with Gasteiger partial charge in [0.25, 0.3) is 0 Å². The number of piperazine rings is 1. The summed E-state index contributed by atoms with van der Waals surface area (Å²) in [6, 6.07) is 1.38. The van der Waals surface area contributed by atoms with Gasteiger partial charge in [-0.3, -0.25) is 4.90 Å². The Morgan fingerprint density at radius 2 is 2.10 bits per heavy atom. The zero-order chi connectivity index (χ0) is 14.4. The first-order valence-corrected chi connectivity index (χ1v) is 8.18. The third kappa shape index (κ3) is 4.06. The number of hydrogen-bond donors (Lipinski definition) is 1. The highest BCUT2D eigenvalue weighted by Gasteiger charge is 2.26. The summed E-state index contributed by atoms with van der Waals surface area (Å²) in [5.74, 6) is 1.20. The highest BCUT2D eigenvalue weighted by molar-refractivity contribution is 4.94. The Hall–Kier alpha value is -0.870. The van der Waals surface area contributed by atoms with Gasteiger partial charge in [0.2, 0.25) is 0 Å². The second kappa shape index (κ2) is 7.79.